The molecule has 8 heteroatoms. The lowest BCUT2D eigenvalue weighted by Gasteiger charge is -2.08. The van der Waals surface area contributed by atoms with Gasteiger partial charge < -0.3 is 10.8 Å². The summed E-state index contributed by atoms with van der Waals surface area (Å²) in [5.74, 6) is -0.592. The summed E-state index contributed by atoms with van der Waals surface area (Å²) in [5.41, 5.74) is 7.56. The molecule has 2 heterocycles. The number of hydrogen-bond acceptors (Lipinski definition) is 5. The first kappa shape index (κ1) is 15.9. The summed E-state index contributed by atoms with van der Waals surface area (Å²) in [4.78, 5) is 15.9. The number of carbonyl (C=O) groups excluding carboxylic acids is 1. The van der Waals surface area contributed by atoms with Crippen molar-refractivity contribution in [2.24, 2.45) is 5.73 Å². The third-order valence-corrected chi connectivity index (χ3v) is 3.74. The average Bonchev–Trinajstić information content (AvgIpc) is 2.95. The number of aromatic nitrogens is 3. The molecule has 24 heavy (non-hydrogen) atoms. The smallest absolute Gasteiger partial charge is 0.250 e. The van der Waals surface area contributed by atoms with Crippen LogP contribution in [-0.2, 0) is 13.2 Å². The fourth-order valence-corrected chi connectivity index (χ4v) is 2.67. The molecule has 0 atom stereocenters. The molecule has 2 aromatic heterocycles. The number of benzene rings is 1. The van der Waals surface area contributed by atoms with Crippen LogP contribution in [0.4, 0.5) is 0 Å². The van der Waals surface area contributed by atoms with Gasteiger partial charge in [0.05, 0.1) is 29.3 Å². The molecular weight excluding hydrogens is 330 g/mol. The maximum absolute atomic E-state index is 11.7. The Bertz CT molecular complexity index is 990. The van der Waals surface area contributed by atoms with Crippen LogP contribution in [0.1, 0.15) is 27.2 Å². The Morgan fingerprint density at radius 3 is 2.83 bits per heavy atom. The number of carbonyl (C=O) groups is 1. The molecule has 0 radical (unpaired) electrons. The molecule has 0 aliphatic carbocycles. The Morgan fingerprint density at radius 1 is 1.42 bits per heavy atom. The number of nitriles is 1. The van der Waals surface area contributed by atoms with Gasteiger partial charge in [-0.15, -0.1) is 0 Å². The van der Waals surface area contributed by atoms with E-state index in [-0.39, 0.29) is 17.9 Å². The SMILES string of the molecule is N#Cc1nn(Cc2cc(C(N)=O)c3ncc(Cl)cc3c2)cc1CO. The topological polar surface area (TPSA) is 118 Å². The number of hydrogen-bond donors (Lipinski definition) is 2. The van der Waals surface area contributed by atoms with E-state index in [0.717, 1.165) is 5.56 Å². The van der Waals surface area contributed by atoms with Crippen molar-refractivity contribution in [2.75, 3.05) is 0 Å². The van der Waals surface area contributed by atoms with Crippen molar-refractivity contribution in [3.8, 4) is 6.07 Å². The quantitative estimate of drug-likeness (QED) is 0.747. The van der Waals surface area contributed by atoms with E-state index in [1.807, 2.05) is 12.1 Å². The largest absolute Gasteiger partial charge is 0.392 e. The highest BCUT2D eigenvalue weighted by molar-refractivity contribution is 6.31. The van der Waals surface area contributed by atoms with Gasteiger partial charge in [0.25, 0.3) is 5.91 Å². The van der Waals surface area contributed by atoms with Gasteiger partial charge in [0, 0.05) is 23.3 Å². The maximum atomic E-state index is 11.7. The maximum Gasteiger partial charge on any atom is 0.250 e. The van der Waals surface area contributed by atoms with Crippen molar-refractivity contribution in [1.29, 1.82) is 5.26 Å². The van der Waals surface area contributed by atoms with E-state index in [9.17, 15) is 9.90 Å². The number of aliphatic hydroxyl groups excluding tert-OH is 1. The van der Waals surface area contributed by atoms with E-state index in [4.69, 9.17) is 22.6 Å². The molecule has 0 aliphatic rings. The first-order chi connectivity index (χ1) is 11.5. The van der Waals surface area contributed by atoms with Crippen LogP contribution in [-0.4, -0.2) is 25.8 Å². The highest BCUT2D eigenvalue weighted by atomic mass is 35.5. The fraction of sp³-hybridized carbons (Fsp3) is 0.125. The third-order valence-electron chi connectivity index (χ3n) is 3.53. The Labute approximate surface area is 141 Å². The van der Waals surface area contributed by atoms with E-state index < -0.39 is 5.91 Å². The van der Waals surface area contributed by atoms with Crippen molar-refractivity contribution in [1.82, 2.24) is 14.8 Å². The van der Waals surface area contributed by atoms with Crippen LogP contribution in [0.15, 0.2) is 30.6 Å². The van der Waals surface area contributed by atoms with Crippen molar-refractivity contribution < 1.29 is 9.90 Å². The molecule has 0 unspecified atom stereocenters. The number of primary amides is 1. The first-order valence-electron chi connectivity index (χ1n) is 6.97. The molecule has 1 aromatic carbocycles. The van der Waals surface area contributed by atoms with Crippen LogP contribution in [0, 0.1) is 11.3 Å². The minimum Gasteiger partial charge on any atom is -0.392 e. The predicted octanol–water partition coefficient (Wildman–Crippen LogP) is 1.60. The van der Waals surface area contributed by atoms with Gasteiger partial charge in [-0.3, -0.25) is 14.5 Å². The van der Waals surface area contributed by atoms with Gasteiger partial charge in [-0.2, -0.15) is 10.4 Å². The Kier molecular flexibility index (Phi) is 4.16. The number of rotatable bonds is 4. The number of nitrogens with two attached hydrogens (primary N) is 1. The number of aliphatic hydroxyl groups is 1. The monoisotopic (exact) mass is 341 g/mol. The van der Waals surface area contributed by atoms with E-state index >= 15 is 0 Å². The van der Waals surface area contributed by atoms with E-state index in [2.05, 4.69) is 10.1 Å². The van der Waals surface area contributed by atoms with Crippen LogP contribution in [0.25, 0.3) is 10.9 Å². The molecular formula is C16H12ClN5O2. The molecule has 120 valence electrons. The first-order valence-corrected chi connectivity index (χ1v) is 7.35. The lowest BCUT2D eigenvalue weighted by Crippen LogP contribution is -2.13. The van der Waals surface area contributed by atoms with E-state index in [1.165, 1.54) is 10.9 Å². The predicted molar refractivity (Wildman–Crippen MR) is 87.2 cm³/mol. The average molecular weight is 342 g/mol. The molecule has 0 fully saturated rings. The highest BCUT2D eigenvalue weighted by Crippen LogP contribution is 2.23. The van der Waals surface area contributed by atoms with Crippen LogP contribution < -0.4 is 5.73 Å². The Balaban J connectivity index is 2.08. The summed E-state index contributed by atoms with van der Waals surface area (Å²) < 4.78 is 1.52. The Morgan fingerprint density at radius 2 is 2.21 bits per heavy atom. The zero-order chi connectivity index (χ0) is 17.3. The summed E-state index contributed by atoms with van der Waals surface area (Å²) in [6.45, 7) is 0.0318. The number of halogens is 1. The van der Waals surface area contributed by atoms with Gasteiger partial charge in [0.1, 0.15) is 6.07 Å². The summed E-state index contributed by atoms with van der Waals surface area (Å²) in [7, 11) is 0. The minimum atomic E-state index is -0.592. The van der Waals surface area contributed by atoms with Gasteiger partial charge in [0.15, 0.2) is 5.69 Å². The minimum absolute atomic E-state index is 0.165. The van der Waals surface area contributed by atoms with Gasteiger partial charge >= 0.3 is 0 Å². The number of nitrogens with zero attached hydrogens (tertiary/aromatic N) is 4. The molecule has 3 N–H and O–H groups in total. The summed E-state index contributed by atoms with van der Waals surface area (Å²) in [6.07, 6.45) is 3.04. The highest BCUT2D eigenvalue weighted by Gasteiger charge is 2.13. The van der Waals surface area contributed by atoms with Crippen LogP contribution in [0.5, 0.6) is 0 Å². The second kappa shape index (κ2) is 6.28. The van der Waals surface area contributed by atoms with Crippen molar-refractivity contribution in [3.05, 3.63) is 58.0 Å². The second-order valence-corrected chi connectivity index (χ2v) is 5.64. The molecule has 3 aromatic rings. The third kappa shape index (κ3) is 2.93. The number of amides is 1. The van der Waals surface area contributed by atoms with Crippen LogP contribution in [0.3, 0.4) is 0 Å². The molecule has 1 amide bonds. The standard InChI is InChI=1S/C16H12ClN5O2/c17-12-3-10-1-9(2-13(16(19)24)15(10)20-5-12)6-22-7-11(8-23)14(4-18)21-22/h1-3,5,7,23H,6,8H2,(H2,19,24). The molecule has 0 spiro atoms. The van der Waals surface area contributed by atoms with Crippen LogP contribution >= 0.6 is 11.6 Å². The molecule has 7 nitrogen and oxygen atoms in total. The van der Waals surface area contributed by atoms with Crippen molar-refractivity contribution in [3.63, 3.8) is 0 Å². The normalized spacial score (nSPS) is 10.7. The van der Waals surface area contributed by atoms with Gasteiger partial charge in [-0.1, -0.05) is 11.6 Å². The molecule has 0 saturated carbocycles. The van der Waals surface area contributed by atoms with Crippen molar-refractivity contribution >= 4 is 28.4 Å². The number of pyridine rings is 1. The lowest BCUT2D eigenvalue weighted by molar-refractivity contribution is 0.100. The molecule has 0 aliphatic heterocycles. The lowest BCUT2D eigenvalue weighted by atomic mass is 10.0. The molecule has 0 saturated heterocycles. The van der Waals surface area contributed by atoms with E-state index in [1.54, 1.807) is 18.3 Å². The molecule has 3 rings (SSSR count). The summed E-state index contributed by atoms with van der Waals surface area (Å²) in [5, 5.41) is 23.5. The number of fused-ring (bicyclic) bond motifs is 1. The van der Waals surface area contributed by atoms with Gasteiger partial charge in [-0.05, 0) is 23.8 Å². The van der Waals surface area contributed by atoms with Crippen molar-refractivity contribution in [2.45, 2.75) is 13.2 Å². The van der Waals surface area contributed by atoms with Crippen LogP contribution in [0.2, 0.25) is 5.02 Å². The Hall–Kier alpha value is -2.95. The van der Waals surface area contributed by atoms with E-state index in [0.29, 0.717) is 28.0 Å². The fourth-order valence-electron chi connectivity index (χ4n) is 2.50. The van der Waals surface area contributed by atoms with Gasteiger partial charge in [-0.25, -0.2) is 0 Å². The zero-order valence-corrected chi connectivity index (χ0v) is 13.2. The summed E-state index contributed by atoms with van der Waals surface area (Å²) in [6, 6.07) is 7.09. The second-order valence-electron chi connectivity index (χ2n) is 5.20. The zero-order valence-electron chi connectivity index (χ0n) is 12.4. The summed E-state index contributed by atoms with van der Waals surface area (Å²) >= 11 is 5.96. The molecule has 0 bridgehead atoms. The van der Waals surface area contributed by atoms with Gasteiger partial charge in [0.2, 0.25) is 0 Å².